The van der Waals surface area contributed by atoms with Gasteiger partial charge in [0, 0.05) is 10.6 Å². The molecule has 0 spiro atoms. The van der Waals surface area contributed by atoms with E-state index in [-0.39, 0.29) is 10.6 Å². The van der Waals surface area contributed by atoms with Crippen LogP contribution in [0.3, 0.4) is 0 Å². The predicted octanol–water partition coefficient (Wildman–Crippen LogP) is 5.64. The highest BCUT2D eigenvalue weighted by atomic mass is 35.5. The minimum Gasteiger partial charge on any atom is -0.478 e. The number of carboxylic acids is 1. The molecule has 0 aliphatic rings. The van der Waals surface area contributed by atoms with E-state index in [1.165, 1.54) is 11.8 Å². The van der Waals surface area contributed by atoms with Crippen molar-refractivity contribution in [1.82, 2.24) is 0 Å². The zero-order chi connectivity index (χ0) is 14.7. The maximum absolute atomic E-state index is 11.0. The molecule has 20 heavy (non-hydrogen) atoms. The molecule has 0 amide bonds. The van der Waals surface area contributed by atoms with E-state index in [4.69, 9.17) is 39.9 Å². The van der Waals surface area contributed by atoms with Crippen LogP contribution >= 0.6 is 46.6 Å². The van der Waals surface area contributed by atoms with E-state index < -0.39 is 5.97 Å². The molecular weight excluding hydrogens is 339 g/mol. The highest BCUT2D eigenvalue weighted by Gasteiger charge is 2.10. The lowest BCUT2D eigenvalue weighted by Gasteiger charge is -2.06. The topological polar surface area (TPSA) is 37.3 Å². The van der Waals surface area contributed by atoms with Gasteiger partial charge >= 0.3 is 5.97 Å². The summed E-state index contributed by atoms with van der Waals surface area (Å²) in [6.07, 6.45) is 0. The van der Waals surface area contributed by atoms with Crippen LogP contribution < -0.4 is 0 Å². The van der Waals surface area contributed by atoms with Gasteiger partial charge in [0.25, 0.3) is 0 Å². The third kappa shape index (κ3) is 3.83. The minimum atomic E-state index is -1.04. The summed E-state index contributed by atoms with van der Waals surface area (Å²) in [6, 6.07) is 10.4. The highest BCUT2D eigenvalue weighted by molar-refractivity contribution is 7.98. The van der Waals surface area contributed by atoms with Gasteiger partial charge in [0.05, 0.1) is 20.6 Å². The third-order valence-electron chi connectivity index (χ3n) is 2.56. The number of hydrogen-bond acceptors (Lipinski definition) is 2. The van der Waals surface area contributed by atoms with Crippen molar-refractivity contribution in [3.05, 3.63) is 62.6 Å². The first-order valence-electron chi connectivity index (χ1n) is 5.57. The summed E-state index contributed by atoms with van der Waals surface area (Å²) < 4.78 is 0. The molecule has 104 valence electrons. The van der Waals surface area contributed by atoms with E-state index in [1.807, 2.05) is 6.07 Å². The Kier molecular flexibility index (Phi) is 5.22. The molecule has 0 aromatic heterocycles. The molecule has 0 radical (unpaired) electrons. The molecule has 0 atom stereocenters. The molecule has 2 aromatic rings. The van der Waals surface area contributed by atoms with Crippen LogP contribution in [0, 0.1) is 0 Å². The summed E-state index contributed by atoms with van der Waals surface area (Å²) in [5.41, 5.74) is 1.11. The van der Waals surface area contributed by atoms with Crippen LogP contribution in [0.4, 0.5) is 0 Å². The molecule has 2 nitrogen and oxygen atoms in total. The third-order valence-corrected chi connectivity index (χ3v) is 4.69. The molecule has 0 aliphatic carbocycles. The average molecular weight is 348 g/mol. The number of hydrogen-bond donors (Lipinski definition) is 1. The van der Waals surface area contributed by atoms with E-state index >= 15 is 0 Å². The number of benzene rings is 2. The molecule has 2 aromatic carbocycles. The Morgan fingerprint density at radius 2 is 1.70 bits per heavy atom. The second-order valence-electron chi connectivity index (χ2n) is 3.98. The highest BCUT2D eigenvalue weighted by Crippen LogP contribution is 2.29. The van der Waals surface area contributed by atoms with Crippen molar-refractivity contribution in [2.45, 2.75) is 10.6 Å². The molecule has 0 saturated heterocycles. The first-order chi connectivity index (χ1) is 9.47. The fraction of sp³-hybridized carbons (Fsp3) is 0.0714. The summed E-state index contributed by atoms with van der Waals surface area (Å²) in [5.74, 6) is -0.371. The van der Waals surface area contributed by atoms with E-state index in [9.17, 15) is 4.79 Å². The molecule has 0 saturated carbocycles. The molecule has 0 aliphatic heterocycles. The van der Waals surface area contributed by atoms with E-state index in [1.54, 1.807) is 30.3 Å². The van der Waals surface area contributed by atoms with Crippen molar-refractivity contribution in [3.8, 4) is 0 Å². The van der Waals surface area contributed by atoms with Gasteiger partial charge in [-0.25, -0.2) is 4.79 Å². The number of carboxylic acid groups (broad SMARTS) is 1. The van der Waals surface area contributed by atoms with Crippen LogP contribution in [-0.2, 0) is 5.75 Å². The van der Waals surface area contributed by atoms with Gasteiger partial charge in [-0.3, -0.25) is 0 Å². The Morgan fingerprint density at radius 3 is 2.35 bits per heavy atom. The molecule has 0 heterocycles. The average Bonchev–Trinajstić information content (AvgIpc) is 2.41. The van der Waals surface area contributed by atoms with Crippen molar-refractivity contribution >= 4 is 52.5 Å². The standard InChI is InChI=1S/C14H9Cl3O2S/c15-11-4-2-9(6-10(11)14(18)19)20-7-8-1-3-12(16)13(17)5-8/h1-6H,7H2,(H,18,19). The van der Waals surface area contributed by atoms with Crippen molar-refractivity contribution in [2.75, 3.05) is 0 Å². The monoisotopic (exact) mass is 346 g/mol. The van der Waals surface area contributed by atoms with Crippen molar-refractivity contribution < 1.29 is 9.90 Å². The summed E-state index contributed by atoms with van der Waals surface area (Å²) >= 11 is 19.1. The number of thioether (sulfide) groups is 1. The van der Waals surface area contributed by atoms with E-state index in [2.05, 4.69) is 0 Å². The molecule has 0 fully saturated rings. The van der Waals surface area contributed by atoms with Gasteiger partial charge in [-0.15, -0.1) is 11.8 Å². The van der Waals surface area contributed by atoms with Gasteiger partial charge in [-0.05, 0) is 35.9 Å². The van der Waals surface area contributed by atoms with Crippen LogP contribution in [0.1, 0.15) is 15.9 Å². The second kappa shape index (κ2) is 6.72. The molecule has 1 N–H and O–H groups in total. The fourth-order valence-electron chi connectivity index (χ4n) is 1.55. The van der Waals surface area contributed by atoms with Crippen LogP contribution in [0.2, 0.25) is 15.1 Å². The number of halogens is 3. The first-order valence-corrected chi connectivity index (χ1v) is 7.69. The zero-order valence-corrected chi connectivity index (χ0v) is 13.2. The quantitative estimate of drug-likeness (QED) is 0.727. The molecule has 6 heteroatoms. The zero-order valence-electron chi connectivity index (χ0n) is 10.1. The van der Waals surface area contributed by atoms with Crippen LogP contribution in [0.5, 0.6) is 0 Å². The molecule has 0 bridgehead atoms. The fourth-order valence-corrected chi connectivity index (χ4v) is 2.95. The minimum absolute atomic E-state index is 0.103. The Hall–Kier alpha value is -0.870. The van der Waals surface area contributed by atoms with Crippen molar-refractivity contribution in [3.63, 3.8) is 0 Å². The van der Waals surface area contributed by atoms with Gasteiger partial charge in [0.1, 0.15) is 0 Å². The van der Waals surface area contributed by atoms with Gasteiger partial charge in [0.15, 0.2) is 0 Å². The maximum Gasteiger partial charge on any atom is 0.337 e. The number of carbonyl (C=O) groups is 1. The van der Waals surface area contributed by atoms with Gasteiger partial charge in [-0.2, -0.15) is 0 Å². The van der Waals surface area contributed by atoms with Crippen LogP contribution in [0.15, 0.2) is 41.3 Å². The lowest BCUT2D eigenvalue weighted by atomic mass is 10.2. The second-order valence-corrected chi connectivity index (χ2v) is 6.25. The maximum atomic E-state index is 11.0. The van der Waals surface area contributed by atoms with Gasteiger partial charge < -0.3 is 5.11 Å². The number of aromatic carboxylic acids is 1. The normalized spacial score (nSPS) is 10.6. The SMILES string of the molecule is O=C(O)c1cc(SCc2ccc(Cl)c(Cl)c2)ccc1Cl. The van der Waals surface area contributed by atoms with Crippen molar-refractivity contribution in [1.29, 1.82) is 0 Å². The summed E-state index contributed by atoms with van der Waals surface area (Å²) in [4.78, 5) is 11.8. The Labute approximate surface area is 135 Å². The first kappa shape index (κ1) is 15.5. The van der Waals surface area contributed by atoms with E-state index in [0.29, 0.717) is 15.8 Å². The van der Waals surface area contributed by atoms with Crippen molar-refractivity contribution in [2.24, 2.45) is 0 Å². The summed E-state index contributed by atoms with van der Waals surface area (Å²) in [5, 5.41) is 10.3. The predicted molar refractivity (Wildman–Crippen MR) is 84.4 cm³/mol. The Bertz CT molecular complexity index is 659. The van der Waals surface area contributed by atoms with Crippen LogP contribution in [0.25, 0.3) is 0 Å². The van der Waals surface area contributed by atoms with Crippen LogP contribution in [-0.4, -0.2) is 11.1 Å². The van der Waals surface area contributed by atoms with Gasteiger partial charge in [0.2, 0.25) is 0 Å². The Balaban J connectivity index is 2.12. The summed E-state index contributed by atoms with van der Waals surface area (Å²) in [6.45, 7) is 0. The number of rotatable bonds is 4. The molecule has 2 rings (SSSR count). The summed E-state index contributed by atoms with van der Waals surface area (Å²) in [7, 11) is 0. The molecule has 0 unspecified atom stereocenters. The van der Waals surface area contributed by atoms with E-state index in [0.717, 1.165) is 10.5 Å². The van der Waals surface area contributed by atoms with Gasteiger partial charge in [-0.1, -0.05) is 40.9 Å². The largest absolute Gasteiger partial charge is 0.478 e. The lowest BCUT2D eigenvalue weighted by molar-refractivity contribution is 0.0697. The lowest BCUT2D eigenvalue weighted by Crippen LogP contribution is -1.97. The molecular formula is C14H9Cl3O2S. The Morgan fingerprint density at radius 1 is 1.00 bits per heavy atom. The smallest absolute Gasteiger partial charge is 0.337 e.